The molecule has 150 valence electrons. The number of rotatable bonds is 6. The molecule has 0 bridgehead atoms. The average Bonchev–Trinajstić information content (AvgIpc) is 3.14. The number of likely N-dealkylation sites (tertiary alicyclic amines) is 1. The summed E-state index contributed by atoms with van der Waals surface area (Å²) in [6.45, 7) is 5.51. The summed E-state index contributed by atoms with van der Waals surface area (Å²) in [4.78, 5) is 15.0. The summed E-state index contributed by atoms with van der Waals surface area (Å²) in [5.74, 6) is -0.592. The summed E-state index contributed by atoms with van der Waals surface area (Å²) in [6, 6.07) is 5.28. The van der Waals surface area contributed by atoms with Crippen LogP contribution in [-0.2, 0) is 14.8 Å². The molecule has 1 aromatic rings. The Morgan fingerprint density at radius 3 is 2.44 bits per heavy atom. The van der Waals surface area contributed by atoms with Crippen molar-refractivity contribution in [2.24, 2.45) is 5.92 Å². The molecule has 2 saturated heterocycles. The SMILES string of the molecule is CCN1CCC[C@H]1CNC(=O)C1CCN(S(=O)(=O)c2ccc(F)cc2)CC1. The highest BCUT2D eigenvalue weighted by atomic mass is 32.2. The Morgan fingerprint density at radius 2 is 1.81 bits per heavy atom. The van der Waals surface area contributed by atoms with E-state index < -0.39 is 15.8 Å². The van der Waals surface area contributed by atoms with Crippen molar-refractivity contribution in [2.75, 3.05) is 32.7 Å². The normalized spacial score (nSPS) is 22.8. The van der Waals surface area contributed by atoms with Gasteiger partial charge in [0.05, 0.1) is 4.90 Å². The Bertz CT molecular complexity index is 746. The molecule has 0 spiro atoms. The van der Waals surface area contributed by atoms with E-state index in [1.165, 1.54) is 22.9 Å². The Labute approximate surface area is 160 Å². The predicted octanol–water partition coefficient (Wildman–Crippen LogP) is 1.83. The van der Waals surface area contributed by atoms with Crippen LogP contribution < -0.4 is 5.32 Å². The van der Waals surface area contributed by atoms with Crippen LogP contribution in [-0.4, -0.2) is 62.3 Å². The number of benzene rings is 1. The number of amides is 1. The van der Waals surface area contributed by atoms with Gasteiger partial charge >= 0.3 is 0 Å². The first-order valence-electron chi connectivity index (χ1n) is 9.69. The lowest BCUT2D eigenvalue weighted by atomic mass is 9.97. The third-order valence-corrected chi connectivity index (χ3v) is 7.61. The lowest BCUT2D eigenvalue weighted by Gasteiger charge is -2.31. The molecule has 2 fully saturated rings. The fourth-order valence-electron chi connectivity index (χ4n) is 4.02. The van der Waals surface area contributed by atoms with E-state index in [-0.39, 0.29) is 16.7 Å². The number of carbonyl (C=O) groups is 1. The molecule has 8 heteroatoms. The number of nitrogens with zero attached hydrogens (tertiary/aromatic N) is 2. The minimum atomic E-state index is -3.64. The first-order valence-corrected chi connectivity index (χ1v) is 11.1. The zero-order valence-corrected chi connectivity index (χ0v) is 16.5. The standard InChI is InChI=1S/C19H28FN3O3S/c1-2-22-11-3-4-17(22)14-21-19(24)15-9-12-23(13-10-15)27(25,26)18-7-5-16(20)6-8-18/h5-8,15,17H,2-4,9-14H2,1H3,(H,21,24)/t17-/m0/s1. The average molecular weight is 398 g/mol. The second-order valence-corrected chi connectivity index (χ2v) is 9.24. The van der Waals surface area contributed by atoms with Gasteiger partial charge in [-0.25, -0.2) is 12.8 Å². The quantitative estimate of drug-likeness (QED) is 0.795. The van der Waals surface area contributed by atoms with Gasteiger partial charge in [0.15, 0.2) is 0 Å². The highest BCUT2D eigenvalue weighted by Crippen LogP contribution is 2.24. The van der Waals surface area contributed by atoms with Crippen LogP contribution >= 0.6 is 0 Å². The van der Waals surface area contributed by atoms with Gasteiger partial charge in [0.2, 0.25) is 15.9 Å². The minimum Gasteiger partial charge on any atom is -0.354 e. The van der Waals surface area contributed by atoms with Crippen LogP contribution in [0.25, 0.3) is 0 Å². The number of halogens is 1. The van der Waals surface area contributed by atoms with Crippen molar-refractivity contribution in [3.8, 4) is 0 Å². The number of hydrogen-bond donors (Lipinski definition) is 1. The first kappa shape index (κ1) is 20.2. The van der Waals surface area contributed by atoms with Gasteiger partial charge in [-0.3, -0.25) is 9.69 Å². The van der Waals surface area contributed by atoms with Gasteiger partial charge in [-0.2, -0.15) is 4.31 Å². The number of likely N-dealkylation sites (N-methyl/N-ethyl adjacent to an activating group) is 1. The zero-order valence-electron chi connectivity index (χ0n) is 15.7. The van der Waals surface area contributed by atoms with Crippen molar-refractivity contribution in [3.63, 3.8) is 0 Å². The monoisotopic (exact) mass is 397 g/mol. The maximum Gasteiger partial charge on any atom is 0.243 e. The van der Waals surface area contributed by atoms with E-state index in [1.807, 2.05) is 0 Å². The van der Waals surface area contributed by atoms with Gasteiger partial charge in [-0.05, 0) is 63.0 Å². The molecule has 0 aromatic heterocycles. The van der Waals surface area contributed by atoms with Crippen LogP contribution in [0.2, 0.25) is 0 Å². The number of nitrogens with one attached hydrogen (secondary N) is 1. The molecular formula is C19H28FN3O3S. The van der Waals surface area contributed by atoms with Crippen LogP contribution in [0.15, 0.2) is 29.2 Å². The van der Waals surface area contributed by atoms with Crippen LogP contribution in [0.1, 0.15) is 32.6 Å². The van der Waals surface area contributed by atoms with E-state index in [0.29, 0.717) is 38.5 Å². The smallest absolute Gasteiger partial charge is 0.243 e. The summed E-state index contributed by atoms with van der Waals surface area (Å²) in [7, 11) is -3.64. The van der Waals surface area contributed by atoms with E-state index in [4.69, 9.17) is 0 Å². The van der Waals surface area contributed by atoms with E-state index in [2.05, 4.69) is 17.1 Å². The fraction of sp³-hybridized carbons (Fsp3) is 0.632. The van der Waals surface area contributed by atoms with Gasteiger partial charge in [0.1, 0.15) is 5.82 Å². The third-order valence-electron chi connectivity index (χ3n) is 5.69. The van der Waals surface area contributed by atoms with Gasteiger partial charge in [-0.15, -0.1) is 0 Å². The summed E-state index contributed by atoms with van der Waals surface area (Å²) >= 11 is 0. The molecule has 0 radical (unpaired) electrons. The number of sulfonamides is 1. The second kappa shape index (κ2) is 8.67. The molecule has 27 heavy (non-hydrogen) atoms. The molecule has 0 unspecified atom stereocenters. The second-order valence-electron chi connectivity index (χ2n) is 7.30. The zero-order chi connectivity index (χ0) is 19.4. The van der Waals surface area contributed by atoms with E-state index in [9.17, 15) is 17.6 Å². The van der Waals surface area contributed by atoms with Gasteiger partial charge < -0.3 is 5.32 Å². The van der Waals surface area contributed by atoms with Gasteiger partial charge in [-0.1, -0.05) is 6.92 Å². The number of piperidine rings is 1. The Hall–Kier alpha value is -1.51. The van der Waals surface area contributed by atoms with Crippen LogP contribution in [0.4, 0.5) is 4.39 Å². The van der Waals surface area contributed by atoms with Crippen LogP contribution in [0.3, 0.4) is 0 Å². The molecule has 3 rings (SSSR count). The molecular weight excluding hydrogens is 369 g/mol. The Balaban J connectivity index is 1.50. The molecule has 6 nitrogen and oxygen atoms in total. The summed E-state index contributed by atoms with van der Waals surface area (Å²) < 4.78 is 39.7. The van der Waals surface area contributed by atoms with Crippen LogP contribution in [0, 0.1) is 11.7 Å². The molecule has 0 saturated carbocycles. The maximum atomic E-state index is 13.0. The molecule has 1 aromatic carbocycles. The first-order chi connectivity index (χ1) is 12.9. The summed E-state index contributed by atoms with van der Waals surface area (Å²) in [5.41, 5.74) is 0. The van der Waals surface area contributed by atoms with Crippen molar-refractivity contribution < 1.29 is 17.6 Å². The lowest BCUT2D eigenvalue weighted by molar-refractivity contribution is -0.126. The molecule has 1 amide bonds. The van der Waals surface area contributed by atoms with Crippen molar-refractivity contribution in [1.29, 1.82) is 0 Å². The van der Waals surface area contributed by atoms with E-state index in [0.717, 1.165) is 31.6 Å². The van der Waals surface area contributed by atoms with Crippen molar-refractivity contribution in [1.82, 2.24) is 14.5 Å². The van der Waals surface area contributed by atoms with E-state index in [1.54, 1.807) is 0 Å². The highest BCUT2D eigenvalue weighted by Gasteiger charge is 2.32. The predicted molar refractivity (Wildman–Crippen MR) is 101 cm³/mol. The third kappa shape index (κ3) is 4.67. The summed E-state index contributed by atoms with van der Waals surface area (Å²) in [6.07, 6.45) is 3.30. The number of carbonyl (C=O) groups excluding carboxylic acids is 1. The summed E-state index contributed by atoms with van der Waals surface area (Å²) in [5, 5.41) is 3.06. The molecule has 2 aliphatic heterocycles. The lowest BCUT2D eigenvalue weighted by Crippen LogP contribution is -2.45. The van der Waals surface area contributed by atoms with Gasteiger partial charge in [0, 0.05) is 31.6 Å². The number of hydrogen-bond acceptors (Lipinski definition) is 4. The molecule has 2 heterocycles. The van der Waals surface area contributed by atoms with Gasteiger partial charge in [0.25, 0.3) is 0 Å². The van der Waals surface area contributed by atoms with Crippen molar-refractivity contribution >= 4 is 15.9 Å². The van der Waals surface area contributed by atoms with Crippen molar-refractivity contribution in [2.45, 2.75) is 43.5 Å². The van der Waals surface area contributed by atoms with E-state index >= 15 is 0 Å². The van der Waals surface area contributed by atoms with Crippen molar-refractivity contribution in [3.05, 3.63) is 30.1 Å². The Morgan fingerprint density at radius 1 is 1.15 bits per heavy atom. The molecule has 2 aliphatic rings. The largest absolute Gasteiger partial charge is 0.354 e. The molecule has 0 aliphatic carbocycles. The Kier molecular flexibility index (Phi) is 6.49. The van der Waals surface area contributed by atoms with Crippen LogP contribution in [0.5, 0.6) is 0 Å². The molecule has 1 N–H and O–H groups in total. The maximum absolute atomic E-state index is 13.0. The highest BCUT2D eigenvalue weighted by molar-refractivity contribution is 7.89. The topological polar surface area (TPSA) is 69.7 Å². The molecule has 1 atom stereocenters. The fourth-order valence-corrected chi connectivity index (χ4v) is 5.49. The minimum absolute atomic E-state index is 0.0248.